The minimum atomic E-state index is -0.861. The van der Waals surface area contributed by atoms with E-state index in [1.54, 1.807) is 0 Å². The maximum absolute atomic E-state index is 11.1. The Morgan fingerprint density at radius 2 is 2.23 bits per heavy atom. The third-order valence-corrected chi connectivity index (χ3v) is 1.81. The summed E-state index contributed by atoms with van der Waals surface area (Å²) >= 11 is 0. The van der Waals surface area contributed by atoms with Crippen molar-refractivity contribution in [2.24, 2.45) is 0 Å². The molecule has 6 heteroatoms. The highest BCUT2D eigenvalue weighted by Crippen LogP contribution is 2.06. The number of nitrogens with zero attached hydrogens (tertiary/aromatic N) is 1. The van der Waals surface area contributed by atoms with Crippen molar-refractivity contribution < 1.29 is 19.1 Å². The van der Waals surface area contributed by atoms with Crippen molar-refractivity contribution >= 4 is 17.9 Å². The van der Waals surface area contributed by atoms with E-state index in [-0.39, 0.29) is 6.54 Å². The molecule has 0 aliphatic carbocycles. The molecule has 1 rings (SSSR count). The summed E-state index contributed by atoms with van der Waals surface area (Å²) in [6, 6.07) is -1.41. The van der Waals surface area contributed by atoms with Crippen LogP contribution in [0, 0.1) is 0 Å². The van der Waals surface area contributed by atoms with Gasteiger partial charge >= 0.3 is 12.0 Å². The molecule has 1 atom stereocenters. The van der Waals surface area contributed by atoms with Crippen LogP contribution in [0.3, 0.4) is 0 Å². The average Bonchev–Trinajstić information content (AvgIpc) is 2.44. The lowest BCUT2D eigenvalue weighted by Crippen LogP contribution is -2.43. The second kappa shape index (κ2) is 3.42. The monoisotopic (exact) mass is 186 g/mol. The third-order valence-electron chi connectivity index (χ3n) is 1.81. The molecule has 0 saturated carbocycles. The molecule has 0 aromatic rings. The summed E-state index contributed by atoms with van der Waals surface area (Å²) in [5, 5.41) is 2.31. The molecule has 6 nitrogen and oxygen atoms in total. The van der Waals surface area contributed by atoms with E-state index >= 15 is 0 Å². The molecular weight excluding hydrogens is 176 g/mol. The molecular formula is C7H10N2O4. The Hall–Kier alpha value is -1.59. The number of urea groups is 1. The first-order valence-electron chi connectivity index (χ1n) is 3.75. The van der Waals surface area contributed by atoms with Crippen LogP contribution >= 0.6 is 0 Å². The fraction of sp³-hybridized carbons (Fsp3) is 0.571. The van der Waals surface area contributed by atoms with E-state index in [1.807, 2.05) is 0 Å². The van der Waals surface area contributed by atoms with E-state index < -0.39 is 23.9 Å². The van der Waals surface area contributed by atoms with Gasteiger partial charge in [0.05, 0.1) is 13.7 Å². The predicted molar refractivity (Wildman–Crippen MR) is 41.7 cm³/mol. The van der Waals surface area contributed by atoms with Gasteiger partial charge in [-0.15, -0.1) is 0 Å². The molecule has 1 aliphatic heterocycles. The first-order valence-corrected chi connectivity index (χ1v) is 3.75. The number of imide groups is 1. The van der Waals surface area contributed by atoms with Gasteiger partial charge in [0.1, 0.15) is 6.04 Å². The van der Waals surface area contributed by atoms with Gasteiger partial charge in [-0.1, -0.05) is 0 Å². The van der Waals surface area contributed by atoms with Crippen LogP contribution in [0.1, 0.15) is 6.92 Å². The highest BCUT2D eigenvalue weighted by molar-refractivity contribution is 6.04. The van der Waals surface area contributed by atoms with Gasteiger partial charge in [-0.25, -0.2) is 14.5 Å². The van der Waals surface area contributed by atoms with E-state index in [1.165, 1.54) is 14.0 Å². The molecule has 1 N–H and O–H groups in total. The normalized spacial score (nSPS) is 18.5. The molecule has 0 aromatic carbocycles. The fourth-order valence-corrected chi connectivity index (χ4v) is 1.10. The second-order valence-corrected chi connectivity index (χ2v) is 2.62. The highest BCUT2D eigenvalue weighted by Gasteiger charge is 2.36. The number of hydrogen-bond donors (Lipinski definition) is 1. The zero-order chi connectivity index (χ0) is 10.0. The predicted octanol–water partition coefficient (Wildman–Crippen LogP) is -0.900. The van der Waals surface area contributed by atoms with Crippen molar-refractivity contribution in [1.29, 1.82) is 0 Å². The summed E-state index contributed by atoms with van der Waals surface area (Å²) in [6.45, 7) is 1.38. The van der Waals surface area contributed by atoms with Crippen LogP contribution in [0.2, 0.25) is 0 Å². The van der Waals surface area contributed by atoms with E-state index in [0.717, 1.165) is 4.90 Å². The molecule has 1 fully saturated rings. The minimum absolute atomic E-state index is 0.0554. The maximum Gasteiger partial charge on any atom is 0.328 e. The van der Waals surface area contributed by atoms with Crippen molar-refractivity contribution in [2.75, 3.05) is 13.7 Å². The number of esters is 1. The minimum Gasteiger partial charge on any atom is -0.467 e. The van der Waals surface area contributed by atoms with Crippen molar-refractivity contribution in [3.8, 4) is 0 Å². The number of ether oxygens (including phenoxy) is 1. The number of hydrogen-bond acceptors (Lipinski definition) is 4. The molecule has 1 heterocycles. The van der Waals surface area contributed by atoms with E-state index in [4.69, 9.17) is 0 Å². The SMILES string of the molecule is COC(=O)C(C)N1C(=O)CNC1=O. The van der Waals surface area contributed by atoms with Gasteiger partial charge in [0.2, 0.25) is 0 Å². The molecule has 0 aromatic heterocycles. The molecule has 0 bridgehead atoms. The van der Waals surface area contributed by atoms with Gasteiger partial charge < -0.3 is 10.1 Å². The summed E-state index contributed by atoms with van der Waals surface area (Å²) < 4.78 is 4.41. The van der Waals surface area contributed by atoms with Gasteiger partial charge in [-0.2, -0.15) is 0 Å². The van der Waals surface area contributed by atoms with Crippen molar-refractivity contribution in [3.63, 3.8) is 0 Å². The van der Waals surface area contributed by atoms with Crippen LogP contribution in [0.4, 0.5) is 4.79 Å². The molecule has 0 radical (unpaired) electrons. The van der Waals surface area contributed by atoms with Crippen molar-refractivity contribution in [3.05, 3.63) is 0 Å². The maximum atomic E-state index is 11.1. The number of rotatable bonds is 2. The standard InChI is InChI=1S/C7H10N2O4/c1-4(6(11)13-2)9-5(10)3-8-7(9)12/h4H,3H2,1-2H3,(H,8,12). The highest BCUT2D eigenvalue weighted by atomic mass is 16.5. The Morgan fingerprint density at radius 3 is 2.62 bits per heavy atom. The summed E-state index contributed by atoms with van der Waals surface area (Å²) in [5.74, 6) is -1.02. The van der Waals surface area contributed by atoms with Gasteiger partial charge in [-0.05, 0) is 6.92 Å². The zero-order valence-corrected chi connectivity index (χ0v) is 7.36. The van der Waals surface area contributed by atoms with Crippen LogP contribution in [0.25, 0.3) is 0 Å². The van der Waals surface area contributed by atoms with E-state index in [2.05, 4.69) is 10.1 Å². The molecule has 1 unspecified atom stereocenters. The van der Waals surface area contributed by atoms with Gasteiger partial charge in [0, 0.05) is 0 Å². The summed E-state index contributed by atoms with van der Waals surface area (Å²) in [6.07, 6.45) is 0. The molecule has 1 aliphatic rings. The van der Waals surface area contributed by atoms with Gasteiger partial charge in [0.15, 0.2) is 0 Å². The zero-order valence-electron chi connectivity index (χ0n) is 7.36. The first kappa shape index (κ1) is 9.50. The third kappa shape index (κ3) is 1.61. The fourth-order valence-electron chi connectivity index (χ4n) is 1.10. The number of nitrogens with one attached hydrogen (secondary N) is 1. The Kier molecular flexibility index (Phi) is 2.50. The first-order chi connectivity index (χ1) is 6.07. The van der Waals surface area contributed by atoms with Gasteiger partial charge in [0.25, 0.3) is 5.91 Å². The number of amides is 3. The largest absolute Gasteiger partial charge is 0.467 e. The Labute approximate surface area is 74.8 Å². The summed E-state index contributed by atoms with van der Waals surface area (Å²) in [7, 11) is 1.21. The molecule has 13 heavy (non-hydrogen) atoms. The lowest BCUT2D eigenvalue weighted by molar-refractivity contribution is -0.148. The molecule has 3 amide bonds. The lowest BCUT2D eigenvalue weighted by atomic mass is 10.3. The smallest absolute Gasteiger partial charge is 0.328 e. The molecule has 72 valence electrons. The van der Waals surface area contributed by atoms with Crippen LogP contribution < -0.4 is 5.32 Å². The number of carbonyl (C=O) groups excluding carboxylic acids is 3. The Morgan fingerprint density at radius 1 is 1.62 bits per heavy atom. The van der Waals surface area contributed by atoms with Crippen LogP contribution in [-0.2, 0) is 14.3 Å². The van der Waals surface area contributed by atoms with Crippen molar-refractivity contribution in [2.45, 2.75) is 13.0 Å². The van der Waals surface area contributed by atoms with Crippen LogP contribution in [0.5, 0.6) is 0 Å². The number of carbonyl (C=O) groups is 3. The topological polar surface area (TPSA) is 75.7 Å². The van der Waals surface area contributed by atoms with E-state index in [9.17, 15) is 14.4 Å². The van der Waals surface area contributed by atoms with Gasteiger partial charge in [-0.3, -0.25) is 4.79 Å². The Bertz CT molecular complexity index is 247. The summed E-state index contributed by atoms with van der Waals surface area (Å²) in [4.78, 5) is 34.0. The molecule has 0 spiro atoms. The lowest BCUT2D eigenvalue weighted by Gasteiger charge is -2.18. The Balaban J connectivity index is 2.75. The number of methoxy groups -OCH3 is 1. The van der Waals surface area contributed by atoms with Crippen molar-refractivity contribution in [1.82, 2.24) is 10.2 Å². The second-order valence-electron chi connectivity index (χ2n) is 2.62. The van der Waals surface area contributed by atoms with Crippen LogP contribution in [-0.4, -0.2) is 42.5 Å². The molecule has 1 saturated heterocycles. The van der Waals surface area contributed by atoms with Crippen LogP contribution in [0.15, 0.2) is 0 Å². The van der Waals surface area contributed by atoms with E-state index in [0.29, 0.717) is 0 Å². The average molecular weight is 186 g/mol. The summed E-state index contributed by atoms with van der Waals surface area (Å²) in [5.41, 5.74) is 0. The quantitative estimate of drug-likeness (QED) is 0.448.